The van der Waals surface area contributed by atoms with E-state index in [1.807, 2.05) is 68.6 Å². The van der Waals surface area contributed by atoms with Crippen molar-refractivity contribution in [1.82, 2.24) is 19.0 Å². The number of carbonyl (C=O) groups is 2. The predicted molar refractivity (Wildman–Crippen MR) is 148 cm³/mol. The molecule has 0 aliphatic carbocycles. The summed E-state index contributed by atoms with van der Waals surface area (Å²) in [6, 6.07) is 19.2. The molecular weight excluding hydrogens is 480 g/mol. The highest BCUT2D eigenvalue weighted by atomic mass is 16.4. The Bertz CT molecular complexity index is 1730. The van der Waals surface area contributed by atoms with Crippen LogP contribution in [-0.4, -0.2) is 50.1 Å². The molecule has 2 unspecified atom stereocenters. The van der Waals surface area contributed by atoms with Gasteiger partial charge in [-0.3, -0.25) is 18.7 Å². The van der Waals surface area contributed by atoms with E-state index in [9.17, 15) is 19.5 Å². The van der Waals surface area contributed by atoms with E-state index in [1.165, 1.54) is 9.47 Å². The molecule has 0 aliphatic rings. The number of aliphatic carboxylic acids is 1. The number of hydrogen-bond acceptors (Lipinski definition) is 3. The molecular formula is C30H30N4O4. The van der Waals surface area contributed by atoms with Gasteiger partial charge in [-0.25, -0.2) is 4.79 Å². The lowest BCUT2D eigenvalue weighted by molar-refractivity contribution is -0.137. The van der Waals surface area contributed by atoms with E-state index in [4.69, 9.17) is 0 Å². The third kappa shape index (κ3) is 4.18. The van der Waals surface area contributed by atoms with Crippen LogP contribution in [0.4, 0.5) is 0 Å². The van der Waals surface area contributed by atoms with Gasteiger partial charge in [0.15, 0.2) is 0 Å². The number of rotatable bonds is 7. The Hall–Kier alpha value is -4.59. The fourth-order valence-corrected chi connectivity index (χ4v) is 5.38. The van der Waals surface area contributed by atoms with Crippen molar-refractivity contribution in [2.75, 3.05) is 14.1 Å². The van der Waals surface area contributed by atoms with Crippen LogP contribution in [0.3, 0.4) is 0 Å². The molecule has 8 heteroatoms. The number of aromatic amines is 1. The van der Waals surface area contributed by atoms with Crippen molar-refractivity contribution in [3.05, 3.63) is 106 Å². The third-order valence-corrected chi connectivity index (χ3v) is 7.21. The fraction of sp³-hybridized carbons (Fsp3) is 0.233. The van der Waals surface area contributed by atoms with Crippen LogP contribution < -0.4 is 5.69 Å². The quantitative estimate of drug-likeness (QED) is 0.323. The summed E-state index contributed by atoms with van der Waals surface area (Å²) in [7, 11) is 3.34. The highest BCUT2D eigenvalue weighted by Crippen LogP contribution is 2.33. The van der Waals surface area contributed by atoms with Crippen molar-refractivity contribution in [2.24, 2.45) is 0 Å². The molecule has 2 N–H and O–H groups in total. The first kappa shape index (κ1) is 25.1. The Kier molecular flexibility index (Phi) is 6.40. The molecule has 2 aromatic heterocycles. The minimum atomic E-state index is -1.02. The second-order valence-electron chi connectivity index (χ2n) is 9.87. The minimum Gasteiger partial charge on any atom is -0.481 e. The molecule has 5 aromatic rings. The predicted octanol–water partition coefficient (Wildman–Crippen LogP) is 4.97. The molecule has 194 valence electrons. The highest BCUT2D eigenvalue weighted by Gasteiger charge is 2.28. The van der Waals surface area contributed by atoms with Gasteiger partial charge in [0.25, 0.3) is 5.91 Å². The number of aryl methyl sites for hydroxylation is 1. The molecule has 2 atom stereocenters. The molecule has 0 bridgehead atoms. The van der Waals surface area contributed by atoms with E-state index in [0.29, 0.717) is 22.2 Å². The first-order chi connectivity index (χ1) is 18.2. The van der Waals surface area contributed by atoms with E-state index in [1.54, 1.807) is 36.9 Å². The number of imidazole rings is 1. The Morgan fingerprint density at radius 1 is 0.974 bits per heavy atom. The van der Waals surface area contributed by atoms with Crippen LogP contribution in [0, 0.1) is 6.92 Å². The average Bonchev–Trinajstić information content (AvgIpc) is 3.46. The van der Waals surface area contributed by atoms with E-state index in [2.05, 4.69) is 4.98 Å². The van der Waals surface area contributed by atoms with E-state index in [-0.39, 0.29) is 24.1 Å². The molecule has 2 heterocycles. The number of carboxylic acids is 1. The summed E-state index contributed by atoms with van der Waals surface area (Å²) in [5.74, 6) is -1.22. The number of nitrogens with one attached hydrogen (secondary N) is 1. The molecule has 8 nitrogen and oxygen atoms in total. The number of fused-ring (bicyclic) bond motifs is 2. The number of hydrogen-bond donors (Lipinski definition) is 2. The van der Waals surface area contributed by atoms with Gasteiger partial charge in [0.1, 0.15) is 0 Å². The number of carboxylic acid groups (broad SMARTS) is 1. The third-order valence-electron chi connectivity index (χ3n) is 7.21. The molecule has 0 radical (unpaired) electrons. The van der Waals surface area contributed by atoms with Crippen molar-refractivity contribution in [3.63, 3.8) is 0 Å². The van der Waals surface area contributed by atoms with Gasteiger partial charge in [-0.2, -0.15) is 0 Å². The summed E-state index contributed by atoms with van der Waals surface area (Å²) in [5, 5.41) is 10.9. The number of nitrogens with zero attached hydrogens (tertiary/aromatic N) is 3. The van der Waals surface area contributed by atoms with Gasteiger partial charge in [0.05, 0.1) is 29.5 Å². The van der Waals surface area contributed by atoms with Crippen LogP contribution in [-0.2, 0) is 4.79 Å². The molecule has 0 saturated carbocycles. The molecule has 0 fully saturated rings. The normalized spacial score (nSPS) is 13.1. The van der Waals surface area contributed by atoms with Crippen LogP contribution in [0.1, 0.15) is 52.5 Å². The summed E-state index contributed by atoms with van der Waals surface area (Å²) in [5.41, 5.74) is 4.97. The maximum absolute atomic E-state index is 14.3. The zero-order chi connectivity index (χ0) is 27.1. The van der Waals surface area contributed by atoms with Crippen molar-refractivity contribution >= 4 is 33.8 Å². The van der Waals surface area contributed by atoms with Crippen LogP contribution >= 0.6 is 0 Å². The molecule has 3 aromatic carbocycles. The monoisotopic (exact) mass is 510 g/mol. The van der Waals surface area contributed by atoms with Crippen molar-refractivity contribution in [3.8, 4) is 0 Å². The van der Waals surface area contributed by atoms with Crippen molar-refractivity contribution in [1.29, 1.82) is 0 Å². The second kappa shape index (κ2) is 9.70. The standard InChI is InChI=1S/C30H30N4O4/c1-18-9-8-12-23-28(18)22(17-31-23)19(2)33-24-14-13-21(29(37)32(3)4)15-26(24)34(30(33)38)25(16-27(35)36)20-10-6-5-7-11-20/h5-15,17,19,25,31H,16H2,1-4H3,(H,35,36). The van der Waals surface area contributed by atoms with Crippen LogP contribution in [0.15, 0.2) is 77.7 Å². The van der Waals surface area contributed by atoms with Crippen molar-refractivity contribution < 1.29 is 14.7 Å². The molecule has 38 heavy (non-hydrogen) atoms. The smallest absolute Gasteiger partial charge is 0.330 e. The Morgan fingerprint density at radius 2 is 1.71 bits per heavy atom. The highest BCUT2D eigenvalue weighted by molar-refractivity contribution is 5.97. The molecule has 1 amide bonds. The van der Waals surface area contributed by atoms with Crippen LogP contribution in [0.2, 0.25) is 0 Å². The van der Waals surface area contributed by atoms with Gasteiger partial charge in [-0.1, -0.05) is 42.5 Å². The Balaban J connectivity index is 1.81. The summed E-state index contributed by atoms with van der Waals surface area (Å²) < 4.78 is 3.23. The summed E-state index contributed by atoms with van der Waals surface area (Å²) >= 11 is 0. The van der Waals surface area contributed by atoms with E-state index < -0.39 is 12.0 Å². The minimum absolute atomic E-state index is 0.201. The maximum Gasteiger partial charge on any atom is 0.330 e. The Morgan fingerprint density at radius 3 is 2.39 bits per heavy atom. The SMILES string of the molecule is Cc1cccc2[nH]cc(C(C)n3c(=O)n(C(CC(=O)O)c4ccccc4)c4cc(C(=O)N(C)C)ccc43)c12. The van der Waals surface area contributed by atoms with Gasteiger partial charge < -0.3 is 15.0 Å². The van der Waals surface area contributed by atoms with Gasteiger partial charge in [-0.15, -0.1) is 0 Å². The summed E-state index contributed by atoms with van der Waals surface area (Å²) in [6.07, 6.45) is 1.64. The number of benzene rings is 3. The molecule has 0 spiro atoms. The largest absolute Gasteiger partial charge is 0.481 e. The lowest BCUT2D eigenvalue weighted by Gasteiger charge is -2.18. The number of aromatic nitrogens is 3. The van der Waals surface area contributed by atoms with Crippen LogP contribution in [0.5, 0.6) is 0 Å². The molecule has 5 rings (SSSR count). The maximum atomic E-state index is 14.3. The first-order valence-corrected chi connectivity index (χ1v) is 12.5. The first-order valence-electron chi connectivity index (χ1n) is 12.5. The van der Waals surface area contributed by atoms with Crippen LogP contribution in [0.25, 0.3) is 21.9 Å². The zero-order valence-electron chi connectivity index (χ0n) is 21.8. The number of H-pyrrole nitrogens is 1. The fourth-order valence-electron chi connectivity index (χ4n) is 5.38. The number of amides is 1. The summed E-state index contributed by atoms with van der Waals surface area (Å²) in [6.45, 7) is 4.00. The van der Waals surface area contributed by atoms with Gasteiger partial charge in [-0.05, 0) is 49.2 Å². The molecule has 0 aliphatic heterocycles. The summed E-state index contributed by atoms with van der Waals surface area (Å²) in [4.78, 5) is 43.9. The van der Waals surface area contributed by atoms with Gasteiger partial charge >= 0.3 is 11.7 Å². The Labute approximate surface area is 219 Å². The second-order valence-corrected chi connectivity index (χ2v) is 9.87. The average molecular weight is 511 g/mol. The van der Waals surface area contributed by atoms with Gasteiger partial charge in [0.2, 0.25) is 0 Å². The molecule has 0 saturated heterocycles. The zero-order valence-corrected chi connectivity index (χ0v) is 21.8. The van der Waals surface area contributed by atoms with E-state index >= 15 is 0 Å². The van der Waals surface area contributed by atoms with Crippen molar-refractivity contribution in [2.45, 2.75) is 32.4 Å². The number of carbonyl (C=O) groups excluding carboxylic acids is 1. The topological polar surface area (TPSA) is 100 Å². The van der Waals surface area contributed by atoms with Gasteiger partial charge in [0, 0.05) is 42.3 Å². The lowest BCUT2D eigenvalue weighted by Crippen LogP contribution is -2.31. The van der Waals surface area contributed by atoms with E-state index in [0.717, 1.165) is 22.0 Å². The lowest BCUT2D eigenvalue weighted by atomic mass is 10.0.